The number of carbonyl (C=O) groups is 1. The van der Waals surface area contributed by atoms with E-state index < -0.39 is 6.09 Å². The average Bonchev–Trinajstić information content (AvgIpc) is 3.16. The molecular weight excluding hydrogens is 360 g/mol. The third-order valence-electron chi connectivity index (χ3n) is 4.71. The molecule has 28 heavy (non-hydrogen) atoms. The van der Waals surface area contributed by atoms with Crippen LogP contribution in [-0.2, 0) is 0 Å². The van der Waals surface area contributed by atoms with Gasteiger partial charge in [-0.2, -0.15) is 0 Å². The van der Waals surface area contributed by atoms with Crippen molar-refractivity contribution in [3.05, 3.63) is 36.8 Å². The van der Waals surface area contributed by atoms with Crippen molar-refractivity contribution in [1.82, 2.24) is 29.7 Å². The van der Waals surface area contributed by atoms with E-state index >= 15 is 0 Å². The maximum absolute atomic E-state index is 11.1. The number of nitrogens with one attached hydrogen (secondary N) is 1. The van der Waals surface area contributed by atoms with Crippen molar-refractivity contribution in [2.75, 3.05) is 10.2 Å². The first-order valence-corrected chi connectivity index (χ1v) is 9.01. The molecule has 3 aromatic heterocycles. The van der Waals surface area contributed by atoms with E-state index in [1.54, 1.807) is 24.8 Å². The molecule has 0 aliphatic carbocycles. The Bertz CT molecular complexity index is 1030. The second-order valence-corrected chi connectivity index (χ2v) is 6.74. The van der Waals surface area contributed by atoms with Crippen molar-refractivity contribution < 1.29 is 9.90 Å². The van der Waals surface area contributed by atoms with Gasteiger partial charge in [-0.3, -0.25) is 14.9 Å². The van der Waals surface area contributed by atoms with E-state index in [4.69, 9.17) is 10.1 Å². The van der Waals surface area contributed by atoms with Crippen LogP contribution in [0.4, 0.5) is 16.3 Å². The topological polar surface area (TPSA) is 122 Å². The Labute approximate surface area is 161 Å². The number of carboxylic acid groups (broad SMARTS) is 1. The molecule has 0 bridgehead atoms. The number of anilines is 2. The highest BCUT2D eigenvalue weighted by atomic mass is 16.4. The highest BCUT2D eigenvalue weighted by Gasteiger charge is 2.35. The SMILES string of the molecule is CCC1c2nncn2-c2cnc(-c3ccncc3NC(=O)O)nc2N1C(C)C. The van der Waals surface area contributed by atoms with Gasteiger partial charge < -0.3 is 10.0 Å². The second kappa shape index (κ2) is 6.87. The van der Waals surface area contributed by atoms with E-state index in [0.29, 0.717) is 17.1 Å². The molecule has 0 aromatic carbocycles. The quantitative estimate of drug-likeness (QED) is 0.708. The molecule has 0 spiro atoms. The molecule has 2 N–H and O–H groups in total. The van der Waals surface area contributed by atoms with Gasteiger partial charge in [-0.15, -0.1) is 10.2 Å². The minimum absolute atomic E-state index is 0.0341. The number of rotatable bonds is 4. The van der Waals surface area contributed by atoms with Crippen molar-refractivity contribution in [2.24, 2.45) is 0 Å². The molecule has 144 valence electrons. The van der Waals surface area contributed by atoms with Crippen molar-refractivity contribution in [3.8, 4) is 17.1 Å². The number of hydrogen-bond acceptors (Lipinski definition) is 7. The van der Waals surface area contributed by atoms with E-state index in [1.165, 1.54) is 6.20 Å². The Hall–Kier alpha value is -3.56. The zero-order chi connectivity index (χ0) is 19.8. The van der Waals surface area contributed by atoms with Crippen molar-refractivity contribution in [3.63, 3.8) is 0 Å². The van der Waals surface area contributed by atoms with E-state index in [9.17, 15) is 4.79 Å². The number of nitrogens with zero attached hydrogens (tertiary/aromatic N) is 7. The summed E-state index contributed by atoms with van der Waals surface area (Å²) in [5.41, 5.74) is 1.69. The molecule has 3 aromatic rings. The van der Waals surface area contributed by atoms with Gasteiger partial charge in [0.1, 0.15) is 12.0 Å². The fraction of sp³-hybridized carbons (Fsp3) is 0.333. The predicted molar refractivity (Wildman–Crippen MR) is 102 cm³/mol. The monoisotopic (exact) mass is 380 g/mol. The Morgan fingerprint density at radius 3 is 2.89 bits per heavy atom. The standard InChI is InChI=1S/C18H20N8O2/c1-4-13-17-24-21-9-25(17)14-8-20-15(23-16(14)26(13)10(2)3)11-5-6-19-7-12(11)22-18(27)28/h5-10,13,22H,4H2,1-3H3,(H,27,28). The van der Waals surface area contributed by atoms with Crippen LogP contribution >= 0.6 is 0 Å². The van der Waals surface area contributed by atoms with Gasteiger partial charge in [0, 0.05) is 17.8 Å². The smallest absolute Gasteiger partial charge is 0.409 e. The van der Waals surface area contributed by atoms with Crippen LogP contribution in [0.15, 0.2) is 31.0 Å². The highest BCUT2D eigenvalue weighted by molar-refractivity contribution is 5.89. The molecule has 4 heterocycles. The van der Waals surface area contributed by atoms with Crippen molar-refractivity contribution in [2.45, 2.75) is 39.3 Å². The number of hydrogen-bond donors (Lipinski definition) is 2. The number of amides is 1. The Morgan fingerprint density at radius 1 is 1.36 bits per heavy atom. The molecule has 10 heteroatoms. The third kappa shape index (κ3) is 2.82. The first-order chi connectivity index (χ1) is 13.5. The lowest BCUT2D eigenvalue weighted by atomic mass is 10.1. The predicted octanol–water partition coefficient (Wildman–Crippen LogP) is 2.89. The van der Waals surface area contributed by atoms with Gasteiger partial charge in [0.2, 0.25) is 0 Å². The van der Waals surface area contributed by atoms with Gasteiger partial charge in [0.15, 0.2) is 17.5 Å². The zero-order valence-electron chi connectivity index (χ0n) is 15.7. The summed E-state index contributed by atoms with van der Waals surface area (Å²) < 4.78 is 1.91. The van der Waals surface area contributed by atoms with Crippen molar-refractivity contribution in [1.29, 1.82) is 0 Å². The normalized spacial score (nSPS) is 15.3. The number of fused-ring (bicyclic) bond motifs is 3. The average molecular weight is 380 g/mol. The summed E-state index contributed by atoms with van der Waals surface area (Å²) in [6, 6.07) is 1.90. The highest BCUT2D eigenvalue weighted by Crippen LogP contribution is 2.40. The Balaban J connectivity index is 1.89. The summed E-state index contributed by atoms with van der Waals surface area (Å²) in [5.74, 6) is 2.04. The second-order valence-electron chi connectivity index (χ2n) is 6.74. The van der Waals surface area contributed by atoms with Gasteiger partial charge in [0.25, 0.3) is 0 Å². The lowest BCUT2D eigenvalue weighted by Gasteiger charge is -2.39. The molecule has 0 saturated carbocycles. The van der Waals surface area contributed by atoms with Crippen LogP contribution < -0.4 is 10.2 Å². The van der Waals surface area contributed by atoms with Crippen LogP contribution in [-0.4, -0.2) is 47.0 Å². The van der Waals surface area contributed by atoms with Gasteiger partial charge in [0.05, 0.1) is 24.1 Å². The van der Waals surface area contributed by atoms with E-state index in [-0.39, 0.29) is 12.1 Å². The molecule has 0 saturated heterocycles. The molecule has 1 unspecified atom stereocenters. The van der Waals surface area contributed by atoms with Crippen LogP contribution in [0.5, 0.6) is 0 Å². The number of pyridine rings is 1. The summed E-state index contributed by atoms with van der Waals surface area (Å²) in [6.45, 7) is 6.30. The summed E-state index contributed by atoms with van der Waals surface area (Å²) in [5, 5.41) is 19.8. The number of aromatic nitrogens is 6. The first-order valence-electron chi connectivity index (χ1n) is 9.01. The fourth-order valence-electron chi connectivity index (χ4n) is 3.57. The van der Waals surface area contributed by atoms with Gasteiger partial charge >= 0.3 is 6.09 Å². The van der Waals surface area contributed by atoms with Gasteiger partial charge in [-0.25, -0.2) is 14.8 Å². The largest absolute Gasteiger partial charge is 0.465 e. The van der Waals surface area contributed by atoms with Gasteiger partial charge in [-0.1, -0.05) is 6.92 Å². The summed E-state index contributed by atoms with van der Waals surface area (Å²) in [6.07, 6.45) is 6.09. The Kier molecular flexibility index (Phi) is 4.38. The molecule has 10 nitrogen and oxygen atoms in total. The van der Waals surface area contributed by atoms with Crippen LogP contribution in [0, 0.1) is 0 Å². The van der Waals surface area contributed by atoms with Gasteiger partial charge in [-0.05, 0) is 26.3 Å². The maximum atomic E-state index is 11.1. The van der Waals surface area contributed by atoms with E-state index in [1.807, 2.05) is 4.57 Å². The molecule has 1 aliphatic rings. The third-order valence-corrected chi connectivity index (χ3v) is 4.71. The van der Waals surface area contributed by atoms with Crippen molar-refractivity contribution >= 4 is 17.6 Å². The minimum Gasteiger partial charge on any atom is -0.465 e. The molecule has 1 aliphatic heterocycles. The fourth-order valence-corrected chi connectivity index (χ4v) is 3.57. The summed E-state index contributed by atoms with van der Waals surface area (Å²) in [7, 11) is 0. The van der Waals surface area contributed by atoms with Crippen LogP contribution in [0.1, 0.15) is 39.1 Å². The Morgan fingerprint density at radius 2 is 2.18 bits per heavy atom. The summed E-state index contributed by atoms with van der Waals surface area (Å²) in [4.78, 5) is 26.6. The molecule has 4 rings (SSSR count). The lowest BCUT2D eigenvalue weighted by Crippen LogP contribution is -2.40. The van der Waals surface area contributed by atoms with E-state index in [0.717, 1.165) is 23.8 Å². The molecule has 0 radical (unpaired) electrons. The minimum atomic E-state index is -1.17. The maximum Gasteiger partial charge on any atom is 0.409 e. The molecule has 0 fully saturated rings. The molecule has 1 amide bonds. The van der Waals surface area contributed by atoms with Crippen LogP contribution in [0.2, 0.25) is 0 Å². The lowest BCUT2D eigenvalue weighted by molar-refractivity contribution is 0.209. The van der Waals surface area contributed by atoms with E-state index in [2.05, 4.69) is 51.2 Å². The molecular formula is C18H20N8O2. The van der Waals surface area contributed by atoms with Crippen LogP contribution in [0.3, 0.4) is 0 Å². The molecule has 1 atom stereocenters. The van der Waals surface area contributed by atoms with Crippen LogP contribution in [0.25, 0.3) is 17.1 Å². The first kappa shape index (κ1) is 17.8. The zero-order valence-corrected chi connectivity index (χ0v) is 15.7. The summed E-state index contributed by atoms with van der Waals surface area (Å²) >= 11 is 0.